The van der Waals surface area contributed by atoms with E-state index in [2.05, 4.69) is 10.6 Å². The number of hydrogen-bond donors (Lipinski definition) is 2. The van der Waals surface area contributed by atoms with E-state index in [9.17, 15) is 9.59 Å². The van der Waals surface area contributed by atoms with Crippen molar-refractivity contribution in [2.45, 2.75) is 32.4 Å². The molecule has 2 N–H and O–H groups in total. The van der Waals surface area contributed by atoms with Gasteiger partial charge in [0.2, 0.25) is 5.91 Å². The van der Waals surface area contributed by atoms with Crippen LogP contribution in [0.4, 0.5) is 0 Å². The molecule has 5 heteroatoms. The number of hydrogen-bond acceptors (Lipinski definition) is 3. The van der Waals surface area contributed by atoms with Crippen molar-refractivity contribution < 1.29 is 9.59 Å². The van der Waals surface area contributed by atoms with Crippen LogP contribution in [0.5, 0.6) is 0 Å². The first kappa shape index (κ1) is 19.2. The van der Waals surface area contributed by atoms with Crippen molar-refractivity contribution in [1.82, 2.24) is 10.6 Å². The van der Waals surface area contributed by atoms with E-state index < -0.39 is 6.04 Å². The van der Waals surface area contributed by atoms with Gasteiger partial charge in [0, 0.05) is 11.1 Å². The molecule has 0 spiro atoms. The van der Waals surface area contributed by atoms with Crippen molar-refractivity contribution in [3.63, 3.8) is 0 Å². The molecular formula is C20H23ClN2O2. The van der Waals surface area contributed by atoms with Crippen LogP contribution in [-0.2, 0) is 16.0 Å². The van der Waals surface area contributed by atoms with Gasteiger partial charge in [-0.3, -0.25) is 9.59 Å². The number of carbonyl (C=O) groups is 2. The van der Waals surface area contributed by atoms with Gasteiger partial charge in [0.05, 0.1) is 12.6 Å². The highest BCUT2D eigenvalue weighted by molar-refractivity contribution is 6.30. The van der Waals surface area contributed by atoms with Crippen molar-refractivity contribution in [1.29, 1.82) is 0 Å². The van der Waals surface area contributed by atoms with Crippen LogP contribution in [0.1, 0.15) is 31.0 Å². The lowest BCUT2D eigenvalue weighted by Crippen LogP contribution is -2.45. The van der Waals surface area contributed by atoms with Gasteiger partial charge in [0.15, 0.2) is 5.78 Å². The Balaban J connectivity index is 1.87. The van der Waals surface area contributed by atoms with Gasteiger partial charge in [-0.2, -0.15) is 0 Å². The largest absolute Gasteiger partial charge is 0.345 e. The van der Waals surface area contributed by atoms with E-state index in [1.54, 1.807) is 0 Å². The molecule has 2 aromatic carbocycles. The topological polar surface area (TPSA) is 58.2 Å². The molecule has 0 aliphatic carbocycles. The molecule has 0 aliphatic rings. The summed E-state index contributed by atoms with van der Waals surface area (Å²) in [6.45, 7) is 3.59. The summed E-state index contributed by atoms with van der Waals surface area (Å²) in [7, 11) is 0. The van der Waals surface area contributed by atoms with E-state index in [0.29, 0.717) is 11.4 Å². The quantitative estimate of drug-likeness (QED) is 0.761. The van der Waals surface area contributed by atoms with Crippen LogP contribution < -0.4 is 10.6 Å². The maximum absolute atomic E-state index is 12.2. The number of amides is 1. The third-order valence-electron chi connectivity index (χ3n) is 4.03. The summed E-state index contributed by atoms with van der Waals surface area (Å²) >= 11 is 5.99. The predicted octanol–water partition coefficient (Wildman–Crippen LogP) is 3.31. The molecule has 132 valence electrons. The molecular weight excluding hydrogens is 336 g/mol. The first-order valence-corrected chi connectivity index (χ1v) is 8.66. The molecule has 0 bridgehead atoms. The highest BCUT2D eigenvalue weighted by atomic mass is 35.5. The molecule has 2 rings (SSSR count). The fourth-order valence-corrected chi connectivity index (χ4v) is 2.73. The fourth-order valence-electron chi connectivity index (χ4n) is 2.53. The molecule has 0 radical (unpaired) electrons. The van der Waals surface area contributed by atoms with Gasteiger partial charge >= 0.3 is 0 Å². The number of halogens is 1. The summed E-state index contributed by atoms with van der Waals surface area (Å²) in [5.74, 6) is -0.259. The molecule has 0 saturated heterocycles. The Morgan fingerprint density at radius 2 is 1.80 bits per heavy atom. The summed E-state index contributed by atoms with van der Waals surface area (Å²) in [6, 6.07) is 16.6. The Morgan fingerprint density at radius 3 is 2.44 bits per heavy atom. The normalized spacial score (nSPS) is 13.1. The van der Waals surface area contributed by atoms with Crippen molar-refractivity contribution >= 4 is 23.3 Å². The van der Waals surface area contributed by atoms with Crippen LogP contribution in [0.25, 0.3) is 0 Å². The van der Waals surface area contributed by atoms with Gasteiger partial charge in [0.25, 0.3) is 0 Å². The number of carbonyl (C=O) groups excluding carboxylic acids is 2. The minimum atomic E-state index is -0.516. The molecule has 1 amide bonds. The molecule has 0 heterocycles. The average molecular weight is 359 g/mol. The average Bonchev–Trinajstić information content (AvgIpc) is 2.60. The molecule has 25 heavy (non-hydrogen) atoms. The Bertz CT molecular complexity index is 719. The number of Topliss-reactive ketones (excluding diaryl/α,β-unsaturated/α-hetero) is 1. The highest BCUT2D eigenvalue weighted by Crippen LogP contribution is 2.17. The SMILES string of the molecule is CC(=O)[C@H](Cc1ccccc1)NC(=O)CN[C@H](C)c1cccc(Cl)c1. The van der Waals surface area contributed by atoms with Crippen LogP contribution >= 0.6 is 11.6 Å². The second kappa shape index (κ2) is 9.35. The lowest BCUT2D eigenvalue weighted by molar-refractivity contribution is -0.126. The Labute approximate surface area is 153 Å². The van der Waals surface area contributed by atoms with E-state index in [1.165, 1.54) is 6.92 Å². The summed E-state index contributed by atoms with van der Waals surface area (Å²) in [6.07, 6.45) is 0.492. The van der Waals surface area contributed by atoms with E-state index >= 15 is 0 Å². The van der Waals surface area contributed by atoms with Gasteiger partial charge in [-0.05, 0) is 43.5 Å². The van der Waals surface area contributed by atoms with Gasteiger partial charge in [-0.25, -0.2) is 0 Å². The molecule has 2 atom stereocenters. The second-order valence-corrected chi connectivity index (χ2v) is 6.51. The van der Waals surface area contributed by atoms with Crippen molar-refractivity contribution in [2.24, 2.45) is 0 Å². The minimum absolute atomic E-state index is 0.0191. The maximum Gasteiger partial charge on any atom is 0.234 e. The standard InChI is InChI=1S/C20H23ClN2O2/c1-14(17-9-6-10-18(21)12-17)22-13-20(25)23-19(15(2)24)11-16-7-4-3-5-8-16/h3-10,12,14,19,22H,11,13H2,1-2H3,(H,23,25)/t14-,19+/m1/s1. The summed E-state index contributed by atoms with van der Waals surface area (Å²) in [4.78, 5) is 24.0. The monoisotopic (exact) mass is 358 g/mol. The zero-order valence-corrected chi connectivity index (χ0v) is 15.2. The van der Waals surface area contributed by atoms with E-state index in [-0.39, 0.29) is 24.3 Å². The van der Waals surface area contributed by atoms with Crippen molar-refractivity contribution in [2.75, 3.05) is 6.54 Å². The van der Waals surface area contributed by atoms with Crippen LogP contribution in [0.15, 0.2) is 54.6 Å². The summed E-state index contributed by atoms with van der Waals surface area (Å²) in [5, 5.41) is 6.62. The van der Waals surface area contributed by atoms with Crippen LogP contribution in [0.2, 0.25) is 5.02 Å². The molecule has 0 unspecified atom stereocenters. The summed E-state index contributed by atoms with van der Waals surface area (Å²) < 4.78 is 0. The summed E-state index contributed by atoms with van der Waals surface area (Å²) in [5.41, 5.74) is 2.02. The van der Waals surface area contributed by atoms with Crippen LogP contribution in [-0.4, -0.2) is 24.3 Å². The lowest BCUT2D eigenvalue weighted by atomic mass is 10.0. The van der Waals surface area contributed by atoms with Gasteiger partial charge in [-0.15, -0.1) is 0 Å². The Hall–Kier alpha value is -2.17. The molecule has 2 aromatic rings. The zero-order valence-electron chi connectivity index (χ0n) is 14.5. The molecule has 0 fully saturated rings. The first-order chi connectivity index (χ1) is 12.0. The molecule has 0 aromatic heterocycles. The van der Waals surface area contributed by atoms with Gasteiger partial charge in [0.1, 0.15) is 0 Å². The zero-order chi connectivity index (χ0) is 18.2. The third kappa shape index (κ3) is 6.33. The van der Waals surface area contributed by atoms with Crippen molar-refractivity contribution in [3.8, 4) is 0 Å². The smallest absolute Gasteiger partial charge is 0.234 e. The Morgan fingerprint density at radius 1 is 1.08 bits per heavy atom. The third-order valence-corrected chi connectivity index (χ3v) is 4.26. The van der Waals surface area contributed by atoms with Crippen LogP contribution in [0.3, 0.4) is 0 Å². The highest BCUT2D eigenvalue weighted by Gasteiger charge is 2.18. The van der Waals surface area contributed by atoms with Gasteiger partial charge in [-0.1, -0.05) is 54.1 Å². The minimum Gasteiger partial charge on any atom is -0.345 e. The van der Waals surface area contributed by atoms with Gasteiger partial charge < -0.3 is 10.6 Å². The number of rotatable bonds is 8. The molecule has 4 nitrogen and oxygen atoms in total. The van der Waals surface area contributed by atoms with Crippen molar-refractivity contribution in [3.05, 3.63) is 70.7 Å². The molecule has 0 aliphatic heterocycles. The van der Waals surface area contributed by atoms with Crippen LogP contribution in [0, 0.1) is 0 Å². The molecule has 0 saturated carbocycles. The fraction of sp³-hybridized carbons (Fsp3) is 0.300. The Kier molecular flexibility index (Phi) is 7.16. The second-order valence-electron chi connectivity index (χ2n) is 6.08. The lowest BCUT2D eigenvalue weighted by Gasteiger charge is -2.18. The first-order valence-electron chi connectivity index (χ1n) is 8.28. The number of nitrogens with one attached hydrogen (secondary N) is 2. The van der Waals surface area contributed by atoms with E-state index in [4.69, 9.17) is 11.6 Å². The number of benzene rings is 2. The predicted molar refractivity (Wildman–Crippen MR) is 101 cm³/mol. The van der Waals surface area contributed by atoms with E-state index in [0.717, 1.165) is 11.1 Å². The maximum atomic E-state index is 12.2. The van der Waals surface area contributed by atoms with E-state index in [1.807, 2.05) is 61.5 Å². The number of ketones is 1.